The van der Waals surface area contributed by atoms with Gasteiger partial charge in [-0.25, -0.2) is 4.98 Å². The van der Waals surface area contributed by atoms with Crippen molar-refractivity contribution in [3.8, 4) is 0 Å². The molecule has 6 heteroatoms. The second-order valence-corrected chi connectivity index (χ2v) is 6.91. The Balaban J connectivity index is 1.63. The number of benzene rings is 2. The van der Waals surface area contributed by atoms with Crippen molar-refractivity contribution in [3.05, 3.63) is 75.8 Å². The maximum Gasteiger partial charge on any atom is 0.261 e. The molecule has 1 aromatic heterocycles. The third-order valence-electron chi connectivity index (χ3n) is 4.87. The van der Waals surface area contributed by atoms with E-state index < -0.39 is 0 Å². The number of para-hydroxylation sites is 1. The molecule has 1 fully saturated rings. The molecule has 26 heavy (non-hydrogen) atoms. The fourth-order valence-corrected chi connectivity index (χ4v) is 3.73. The quantitative estimate of drug-likeness (QED) is 0.696. The summed E-state index contributed by atoms with van der Waals surface area (Å²) in [5, 5.41) is 1.05. The molecule has 4 rings (SSSR count). The van der Waals surface area contributed by atoms with E-state index in [1.54, 1.807) is 46.1 Å². The van der Waals surface area contributed by atoms with E-state index in [2.05, 4.69) is 4.98 Å². The zero-order chi connectivity index (χ0) is 18.1. The Morgan fingerprint density at radius 1 is 1.12 bits per heavy atom. The van der Waals surface area contributed by atoms with Crippen molar-refractivity contribution in [1.29, 1.82) is 0 Å². The minimum Gasteiger partial charge on any atom is -0.337 e. The minimum absolute atomic E-state index is 0.0624. The van der Waals surface area contributed by atoms with E-state index in [1.807, 2.05) is 18.2 Å². The second-order valence-electron chi connectivity index (χ2n) is 6.50. The molecule has 5 nitrogen and oxygen atoms in total. The summed E-state index contributed by atoms with van der Waals surface area (Å²) in [6, 6.07) is 14.3. The van der Waals surface area contributed by atoms with E-state index in [9.17, 15) is 9.59 Å². The highest BCUT2D eigenvalue weighted by Gasteiger charge is 2.27. The summed E-state index contributed by atoms with van der Waals surface area (Å²) in [6.07, 6.45) is 3.27. The Hall–Kier alpha value is -2.66. The van der Waals surface area contributed by atoms with Gasteiger partial charge in [-0.15, -0.1) is 0 Å². The number of carbonyl (C=O) groups is 1. The van der Waals surface area contributed by atoms with Gasteiger partial charge in [0.2, 0.25) is 0 Å². The van der Waals surface area contributed by atoms with Gasteiger partial charge < -0.3 is 4.90 Å². The molecule has 1 amide bonds. The van der Waals surface area contributed by atoms with Crippen molar-refractivity contribution in [3.63, 3.8) is 0 Å². The molecule has 1 aliphatic heterocycles. The second kappa shape index (κ2) is 6.92. The van der Waals surface area contributed by atoms with E-state index in [1.165, 1.54) is 0 Å². The summed E-state index contributed by atoms with van der Waals surface area (Å²) in [7, 11) is 0. The Labute approximate surface area is 155 Å². The zero-order valence-corrected chi connectivity index (χ0v) is 14.9. The van der Waals surface area contributed by atoms with Gasteiger partial charge in [0.25, 0.3) is 11.5 Å². The van der Waals surface area contributed by atoms with Gasteiger partial charge in [-0.3, -0.25) is 14.2 Å². The molecule has 1 atom stereocenters. The Bertz CT molecular complexity index is 1030. The number of likely N-dealkylation sites (tertiary alicyclic amines) is 1. The van der Waals surface area contributed by atoms with Crippen molar-refractivity contribution < 1.29 is 4.79 Å². The lowest BCUT2D eigenvalue weighted by molar-refractivity contribution is 0.0677. The van der Waals surface area contributed by atoms with Crippen LogP contribution in [0.15, 0.2) is 59.7 Å². The van der Waals surface area contributed by atoms with Crippen LogP contribution in [0.5, 0.6) is 0 Å². The highest BCUT2D eigenvalue weighted by Crippen LogP contribution is 2.24. The first kappa shape index (κ1) is 16.8. The van der Waals surface area contributed by atoms with Crippen molar-refractivity contribution >= 4 is 28.4 Å². The molecule has 0 radical (unpaired) electrons. The number of hydrogen-bond acceptors (Lipinski definition) is 3. The van der Waals surface area contributed by atoms with Crippen LogP contribution in [-0.2, 0) is 0 Å². The topological polar surface area (TPSA) is 55.2 Å². The molecule has 0 N–H and O–H groups in total. The summed E-state index contributed by atoms with van der Waals surface area (Å²) in [5.41, 5.74) is 1.13. The molecule has 3 aromatic rings. The number of halogens is 1. The van der Waals surface area contributed by atoms with Gasteiger partial charge in [0, 0.05) is 13.1 Å². The smallest absolute Gasteiger partial charge is 0.261 e. The van der Waals surface area contributed by atoms with Crippen LogP contribution in [0.2, 0.25) is 5.02 Å². The lowest BCUT2D eigenvalue weighted by Gasteiger charge is -2.33. The van der Waals surface area contributed by atoms with Gasteiger partial charge >= 0.3 is 0 Å². The van der Waals surface area contributed by atoms with E-state index in [0.29, 0.717) is 34.6 Å². The molecule has 1 saturated heterocycles. The Kier molecular flexibility index (Phi) is 4.47. The molecular formula is C20H18ClN3O2. The summed E-state index contributed by atoms with van der Waals surface area (Å²) < 4.78 is 1.66. The highest BCUT2D eigenvalue weighted by atomic mass is 35.5. The number of piperidine rings is 1. The number of fused-ring (bicyclic) bond motifs is 1. The normalized spacial score (nSPS) is 17.4. The minimum atomic E-state index is -0.0953. The first-order chi connectivity index (χ1) is 12.6. The average molecular weight is 368 g/mol. The highest BCUT2D eigenvalue weighted by molar-refractivity contribution is 6.33. The standard InChI is InChI=1S/C20H18ClN3O2/c21-17-9-3-1-7-15(17)19(25)23-11-5-6-14(12-23)24-13-22-18-10-4-2-8-16(18)20(24)26/h1-4,7-10,13-14H,5-6,11-12H2/t14-/m0/s1. The van der Waals surface area contributed by atoms with Crippen LogP contribution >= 0.6 is 11.6 Å². The Morgan fingerprint density at radius 2 is 1.88 bits per heavy atom. The fourth-order valence-electron chi connectivity index (χ4n) is 3.51. The number of aromatic nitrogens is 2. The molecule has 0 spiro atoms. The van der Waals surface area contributed by atoms with Crippen LogP contribution in [0.3, 0.4) is 0 Å². The Morgan fingerprint density at radius 3 is 2.73 bits per heavy atom. The van der Waals surface area contributed by atoms with Gasteiger partial charge in [-0.2, -0.15) is 0 Å². The molecule has 0 unspecified atom stereocenters. The fraction of sp³-hybridized carbons (Fsp3) is 0.250. The van der Waals surface area contributed by atoms with E-state index >= 15 is 0 Å². The van der Waals surface area contributed by atoms with Gasteiger partial charge in [0.1, 0.15) is 0 Å². The third kappa shape index (κ3) is 2.99. The zero-order valence-electron chi connectivity index (χ0n) is 14.1. The van der Waals surface area contributed by atoms with Crippen molar-refractivity contribution in [1.82, 2.24) is 14.5 Å². The van der Waals surface area contributed by atoms with Crippen LogP contribution < -0.4 is 5.56 Å². The van der Waals surface area contributed by atoms with E-state index in [0.717, 1.165) is 12.8 Å². The molecule has 0 saturated carbocycles. The molecule has 1 aliphatic rings. The SMILES string of the molecule is O=C(c1ccccc1Cl)N1CCC[C@H](n2cnc3ccccc3c2=O)C1. The van der Waals surface area contributed by atoms with Crippen LogP contribution in [0.25, 0.3) is 10.9 Å². The predicted molar refractivity (Wildman–Crippen MR) is 102 cm³/mol. The largest absolute Gasteiger partial charge is 0.337 e. The van der Waals surface area contributed by atoms with E-state index in [-0.39, 0.29) is 17.5 Å². The first-order valence-electron chi connectivity index (χ1n) is 8.65. The van der Waals surface area contributed by atoms with Crippen LogP contribution in [-0.4, -0.2) is 33.4 Å². The number of amides is 1. The average Bonchev–Trinajstić information content (AvgIpc) is 2.68. The summed E-state index contributed by atoms with van der Waals surface area (Å²) in [6.45, 7) is 1.14. The van der Waals surface area contributed by atoms with Crippen LogP contribution in [0.1, 0.15) is 29.2 Å². The molecule has 2 heterocycles. The monoisotopic (exact) mass is 367 g/mol. The molecular weight excluding hydrogens is 350 g/mol. The van der Waals surface area contributed by atoms with Crippen molar-refractivity contribution in [2.24, 2.45) is 0 Å². The van der Waals surface area contributed by atoms with Gasteiger partial charge in [0.15, 0.2) is 0 Å². The van der Waals surface area contributed by atoms with Gasteiger partial charge in [-0.05, 0) is 37.1 Å². The van der Waals surface area contributed by atoms with Gasteiger partial charge in [0.05, 0.1) is 33.9 Å². The number of nitrogens with zero attached hydrogens (tertiary/aromatic N) is 3. The van der Waals surface area contributed by atoms with Crippen molar-refractivity contribution in [2.75, 3.05) is 13.1 Å². The van der Waals surface area contributed by atoms with Crippen LogP contribution in [0, 0.1) is 0 Å². The molecule has 132 valence electrons. The molecule has 2 aromatic carbocycles. The summed E-state index contributed by atoms with van der Waals surface area (Å²) in [4.78, 5) is 31.8. The number of carbonyl (C=O) groups excluding carboxylic acids is 1. The third-order valence-corrected chi connectivity index (χ3v) is 5.20. The van der Waals surface area contributed by atoms with Gasteiger partial charge in [-0.1, -0.05) is 35.9 Å². The lowest BCUT2D eigenvalue weighted by atomic mass is 10.0. The summed E-state index contributed by atoms with van der Waals surface area (Å²) >= 11 is 6.17. The molecule has 0 bridgehead atoms. The number of hydrogen-bond donors (Lipinski definition) is 0. The molecule has 0 aliphatic carbocycles. The van der Waals surface area contributed by atoms with Crippen LogP contribution in [0.4, 0.5) is 0 Å². The lowest BCUT2D eigenvalue weighted by Crippen LogP contribution is -2.43. The number of rotatable bonds is 2. The first-order valence-corrected chi connectivity index (χ1v) is 9.02. The maximum atomic E-state index is 12.8. The summed E-state index contributed by atoms with van der Waals surface area (Å²) in [5.74, 6) is -0.0953. The van der Waals surface area contributed by atoms with Crippen molar-refractivity contribution in [2.45, 2.75) is 18.9 Å². The van der Waals surface area contributed by atoms with E-state index in [4.69, 9.17) is 11.6 Å². The predicted octanol–water partition coefficient (Wildman–Crippen LogP) is 3.53. The maximum absolute atomic E-state index is 12.8.